The third-order valence-electron chi connectivity index (χ3n) is 6.42. The van der Waals surface area contributed by atoms with Crippen molar-refractivity contribution in [3.8, 4) is 0 Å². The molecule has 0 spiro atoms. The van der Waals surface area contributed by atoms with E-state index in [9.17, 15) is 8.42 Å². The molecule has 0 aliphatic heterocycles. The van der Waals surface area contributed by atoms with Crippen molar-refractivity contribution >= 4 is 10.0 Å². The first-order chi connectivity index (χ1) is 9.67. The van der Waals surface area contributed by atoms with Crippen molar-refractivity contribution in [3.05, 3.63) is 29.8 Å². The van der Waals surface area contributed by atoms with E-state index in [2.05, 4.69) is 25.5 Å². The lowest BCUT2D eigenvalue weighted by atomic mass is 9.69. The van der Waals surface area contributed by atoms with Gasteiger partial charge in [0, 0.05) is 6.04 Å². The van der Waals surface area contributed by atoms with Crippen LogP contribution in [0.3, 0.4) is 0 Å². The van der Waals surface area contributed by atoms with Gasteiger partial charge in [-0.2, -0.15) is 0 Å². The second-order valence-corrected chi connectivity index (χ2v) is 9.31. The van der Waals surface area contributed by atoms with Crippen molar-refractivity contribution in [2.45, 2.75) is 57.9 Å². The van der Waals surface area contributed by atoms with E-state index >= 15 is 0 Å². The Kier molecular flexibility index (Phi) is 3.27. The van der Waals surface area contributed by atoms with Gasteiger partial charge >= 0.3 is 0 Å². The molecule has 2 saturated carbocycles. The molecule has 1 aromatic carbocycles. The normalized spacial score (nSPS) is 34.3. The molecule has 2 fully saturated rings. The summed E-state index contributed by atoms with van der Waals surface area (Å²) >= 11 is 0. The molecule has 2 aliphatic carbocycles. The topological polar surface area (TPSA) is 46.2 Å². The van der Waals surface area contributed by atoms with Crippen molar-refractivity contribution in [2.24, 2.45) is 16.7 Å². The van der Waals surface area contributed by atoms with Gasteiger partial charge in [0.05, 0.1) is 4.90 Å². The number of benzene rings is 1. The fourth-order valence-corrected chi connectivity index (χ4v) is 5.72. The molecule has 0 amide bonds. The number of fused-ring (bicyclic) bond motifs is 2. The number of nitrogens with one attached hydrogen (secondary N) is 1. The van der Waals surface area contributed by atoms with E-state index in [-0.39, 0.29) is 16.9 Å². The van der Waals surface area contributed by atoms with Crippen molar-refractivity contribution in [1.82, 2.24) is 4.72 Å². The van der Waals surface area contributed by atoms with Crippen molar-refractivity contribution in [1.29, 1.82) is 0 Å². The second-order valence-electron chi connectivity index (χ2n) is 7.60. The van der Waals surface area contributed by atoms with Crippen LogP contribution in [0.1, 0.15) is 45.6 Å². The lowest BCUT2D eigenvalue weighted by Crippen LogP contribution is -2.46. The molecule has 2 aliphatic rings. The number of aryl methyl sites for hydroxylation is 1. The molecule has 0 saturated heterocycles. The average molecular weight is 307 g/mol. The van der Waals surface area contributed by atoms with Gasteiger partial charge < -0.3 is 0 Å². The molecule has 116 valence electrons. The minimum atomic E-state index is -3.42. The number of hydrogen-bond donors (Lipinski definition) is 1. The molecule has 4 heteroatoms. The summed E-state index contributed by atoms with van der Waals surface area (Å²) in [6.45, 7) is 8.81. The van der Waals surface area contributed by atoms with Crippen LogP contribution < -0.4 is 4.72 Å². The highest BCUT2D eigenvalue weighted by Crippen LogP contribution is 2.65. The van der Waals surface area contributed by atoms with E-state index in [0.717, 1.165) is 18.4 Å². The molecule has 3 nitrogen and oxygen atoms in total. The Labute approximate surface area is 128 Å². The van der Waals surface area contributed by atoms with Crippen LogP contribution in [0.5, 0.6) is 0 Å². The molecule has 3 rings (SSSR count). The summed E-state index contributed by atoms with van der Waals surface area (Å²) < 4.78 is 28.2. The molecule has 21 heavy (non-hydrogen) atoms. The highest BCUT2D eigenvalue weighted by Gasteiger charge is 2.61. The maximum absolute atomic E-state index is 12.6. The van der Waals surface area contributed by atoms with Gasteiger partial charge in [-0.05, 0) is 55.1 Å². The highest BCUT2D eigenvalue weighted by atomic mass is 32.2. The van der Waals surface area contributed by atoms with Crippen LogP contribution in [0, 0.1) is 23.7 Å². The predicted octanol–water partition coefficient (Wildman–Crippen LogP) is 3.49. The van der Waals surface area contributed by atoms with Gasteiger partial charge in [-0.1, -0.05) is 38.5 Å². The van der Waals surface area contributed by atoms with Gasteiger partial charge in [-0.3, -0.25) is 0 Å². The third kappa shape index (κ3) is 2.15. The zero-order valence-corrected chi connectivity index (χ0v) is 14.1. The minimum Gasteiger partial charge on any atom is -0.207 e. The van der Waals surface area contributed by atoms with E-state index in [1.165, 1.54) is 6.42 Å². The van der Waals surface area contributed by atoms with Crippen molar-refractivity contribution < 1.29 is 8.42 Å². The first kappa shape index (κ1) is 15.0. The summed E-state index contributed by atoms with van der Waals surface area (Å²) in [4.78, 5) is 0.372. The first-order valence-corrected chi connectivity index (χ1v) is 9.24. The van der Waals surface area contributed by atoms with E-state index in [0.29, 0.717) is 10.8 Å². The molecule has 0 aromatic heterocycles. The number of hydrogen-bond acceptors (Lipinski definition) is 2. The molecule has 2 bridgehead atoms. The molecule has 1 N–H and O–H groups in total. The van der Waals surface area contributed by atoms with Gasteiger partial charge in [0.25, 0.3) is 0 Å². The van der Waals surface area contributed by atoms with Crippen LogP contribution in [0.4, 0.5) is 0 Å². The summed E-state index contributed by atoms with van der Waals surface area (Å²) in [6, 6.07) is 7.14. The molecule has 0 unspecified atom stereocenters. The van der Waals surface area contributed by atoms with E-state index in [1.54, 1.807) is 12.1 Å². The zero-order valence-electron chi connectivity index (χ0n) is 13.3. The van der Waals surface area contributed by atoms with Gasteiger partial charge in [-0.15, -0.1) is 0 Å². The average Bonchev–Trinajstić information content (AvgIpc) is 2.72. The van der Waals surface area contributed by atoms with E-state index < -0.39 is 10.0 Å². The van der Waals surface area contributed by atoms with Gasteiger partial charge in [0.1, 0.15) is 0 Å². The second kappa shape index (κ2) is 4.56. The SMILES string of the molecule is Cc1ccc(S(=O)(=O)N[C@@H]2C[C@@H]3CC[C@@]2(C)C3(C)C)cc1. The molecule has 1 aromatic rings. The van der Waals surface area contributed by atoms with Crippen LogP contribution in [0.25, 0.3) is 0 Å². The molecule has 0 radical (unpaired) electrons. The van der Waals surface area contributed by atoms with Crippen molar-refractivity contribution in [3.63, 3.8) is 0 Å². The standard InChI is InChI=1S/C17H25NO2S/c1-12-5-7-14(8-6-12)21(19,20)18-15-11-13-9-10-17(15,4)16(13,2)3/h5-8,13,15,18H,9-11H2,1-4H3/t13-,15+,17+/m0/s1. The van der Waals surface area contributed by atoms with Crippen LogP contribution in [0.15, 0.2) is 29.2 Å². The maximum Gasteiger partial charge on any atom is 0.240 e. The first-order valence-electron chi connectivity index (χ1n) is 7.76. The minimum absolute atomic E-state index is 0.0533. The molecule has 0 heterocycles. The van der Waals surface area contributed by atoms with Crippen LogP contribution in [-0.2, 0) is 10.0 Å². The largest absolute Gasteiger partial charge is 0.240 e. The summed E-state index contributed by atoms with van der Waals surface area (Å²) in [5.41, 5.74) is 1.35. The van der Waals surface area contributed by atoms with Crippen LogP contribution in [-0.4, -0.2) is 14.5 Å². The highest BCUT2D eigenvalue weighted by molar-refractivity contribution is 7.89. The van der Waals surface area contributed by atoms with Gasteiger partial charge in [0.15, 0.2) is 0 Å². The molecular weight excluding hydrogens is 282 g/mol. The quantitative estimate of drug-likeness (QED) is 0.929. The smallest absolute Gasteiger partial charge is 0.207 e. The monoisotopic (exact) mass is 307 g/mol. The zero-order chi connectivity index (χ0) is 15.5. The number of sulfonamides is 1. The molecular formula is C17H25NO2S. The van der Waals surface area contributed by atoms with Crippen molar-refractivity contribution in [2.75, 3.05) is 0 Å². The van der Waals surface area contributed by atoms with Crippen LogP contribution in [0.2, 0.25) is 0 Å². The van der Waals surface area contributed by atoms with E-state index in [1.807, 2.05) is 19.1 Å². The summed E-state index contributed by atoms with van der Waals surface area (Å²) in [6.07, 6.45) is 3.31. The Morgan fingerprint density at radius 2 is 1.76 bits per heavy atom. The maximum atomic E-state index is 12.6. The van der Waals surface area contributed by atoms with Gasteiger partial charge in [0.2, 0.25) is 10.0 Å². The Morgan fingerprint density at radius 1 is 1.14 bits per heavy atom. The van der Waals surface area contributed by atoms with Gasteiger partial charge in [-0.25, -0.2) is 13.1 Å². The third-order valence-corrected chi connectivity index (χ3v) is 7.91. The predicted molar refractivity (Wildman–Crippen MR) is 84.5 cm³/mol. The number of rotatable bonds is 3. The Balaban J connectivity index is 1.86. The fourth-order valence-electron chi connectivity index (χ4n) is 4.35. The Bertz CT molecular complexity index is 648. The summed E-state index contributed by atoms with van der Waals surface area (Å²) in [5, 5.41) is 0. The lowest BCUT2D eigenvalue weighted by Gasteiger charge is -2.39. The Morgan fingerprint density at radius 3 is 2.24 bits per heavy atom. The summed E-state index contributed by atoms with van der Waals surface area (Å²) in [5.74, 6) is 0.633. The van der Waals surface area contributed by atoms with Crippen LogP contribution >= 0.6 is 0 Å². The summed E-state index contributed by atoms with van der Waals surface area (Å²) in [7, 11) is -3.42. The Hall–Kier alpha value is -0.870. The fraction of sp³-hybridized carbons (Fsp3) is 0.647. The molecule has 3 atom stereocenters. The lowest BCUT2D eigenvalue weighted by molar-refractivity contribution is 0.130. The van der Waals surface area contributed by atoms with E-state index in [4.69, 9.17) is 0 Å².